The average Bonchev–Trinajstić information content (AvgIpc) is 2.44. The van der Waals surface area contributed by atoms with E-state index in [9.17, 15) is 4.79 Å². The van der Waals surface area contributed by atoms with Crippen LogP contribution in [0.4, 0.5) is 5.69 Å². The fraction of sp³-hybridized carbons (Fsp3) is 0.214. The second-order valence-corrected chi connectivity index (χ2v) is 4.29. The van der Waals surface area contributed by atoms with E-state index in [4.69, 9.17) is 10.5 Å². The first kappa shape index (κ1) is 13.8. The van der Waals surface area contributed by atoms with E-state index in [0.29, 0.717) is 11.4 Å². The third-order valence-corrected chi connectivity index (χ3v) is 2.78. The topological polar surface area (TPSA) is 87.3 Å². The molecular formula is C14H15N3O3. The fourth-order valence-electron chi connectivity index (χ4n) is 1.66. The minimum Gasteiger partial charge on any atom is -0.463 e. The summed E-state index contributed by atoms with van der Waals surface area (Å²) in [5.74, 6) is 0.174. The summed E-state index contributed by atoms with van der Waals surface area (Å²) in [6.45, 7) is 3.83. The molecule has 0 radical (unpaired) electrons. The highest BCUT2D eigenvalue weighted by atomic mass is 16.5. The molecule has 0 bridgehead atoms. The van der Waals surface area contributed by atoms with Gasteiger partial charge in [0.15, 0.2) is 0 Å². The van der Waals surface area contributed by atoms with E-state index in [1.54, 1.807) is 12.1 Å². The molecule has 0 atom stereocenters. The number of rotatable bonds is 3. The Bertz CT molecular complexity index is 656. The maximum atomic E-state index is 11.4. The van der Waals surface area contributed by atoms with Crippen LogP contribution in [0.3, 0.4) is 0 Å². The van der Waals surface area contributed by atoms with Crippen molar-refractivity contribution in [2.45, 2.75) is 13.8 Å². The van der Waals surface area contributed by atoms with E-state index < -0.39 is 5.97 Å². The van der Waals surface area contributed by atoms with Gasteiger partial charge < -0.3 is 15.2 Å². The molecule has 0 saturated heterocycles. The van der Waals surface area contributed by atoms with E-state index in [-0.39, 0.29) is 11.7 Å². The van der Waals surface area contributed by atoms with E-state index in [2.05, 4.69) is 14.7 Å². The number of anilines is 1. The number of hydrogen-bond donors (Lipinski definition) is 1. The largest absolute Gasteiger partial charge is 0.463 e. The monoisotopic (exact) mass is 273 g/mol. The lowest BCUT2D eigenvalue weighted by Gasteiger charge is -2.10. The molecule has 0 aliphatic heterocycles. The molecule has 0 spiro atoms. The smallest absolute Gasteiger partial charge is 0.376 e. The van der Waals surface area contributed by atoms with Gasteiger partial charge in [0.1, 0.15) is 5.75 Å². The van der Waals surface area contributed by atoms with Crippen LogP contribution in [0.2, 0.25) is 0 Å². The molecule has 2 rings (SSSR count). The van der Waals surface area contributed by atoms with Gasteiger partial charge in [0.05, 0.1) is 7.11 Å². The normalized spacial score (nSPS) is 10.2. The Kier molecular flexibility index (Phi) is 3.84. The highest BCUT2D eigenvalue weighted by molar-refractivity contribution is 5.85. The van der Waals surface area contributed by atoms with Crippen LogP contribution in [0.1, 0.15) is 21.7 Å². The van der Waals surface area contributed by atoms with Gasteiger partial charge in [-0.1, -0.05) is 6.07 Å². The first-order valence-corrected chi connectivity index (χ1v) is 5.97. The van der Waals surface area contributed by atoms with Crippen molar-refractivity contribution in [3.8, 4) is 11.6 Å². The number of aromatic nitrogens is 2. The van der Waals surface area contributed by atoms with Crippen LogP contribution in [0, 0.1) is 13.8 Å². The quantitative estimate of drug-likeness (QED) is 0.681. The number of nitrogen functional groups attached to an aromatic ring is 1. The van der Waals surface area contributed by atoms with Gasteiger partial charge in [-0.15, -0.1) is 0 Å². The molecule has 6 heteroatoms. The number of ether oxygens (including phenoxy) is 2. The van der Waals surface area contributed by atoms with Gasteiger partial charge in [-0.25, -0.2) is 9.78 Å². The zero-order chi connectivity index (χ0) is 14.7. The third kappa shape index (κ3) is 2.85. The molecule has 6 nitrogen and oxygen atoms in total. The lowest BCUT2D eigenvalue weighted by molar-refractivity contribution is 0.0585. The van der Waals surface area contributed by atoms with Crippen LogP contribution in [0.25, 0.3) is 0 Å². The lowest BCUT2D eigenvalue weighted by atomic mass is 10.1. The maximum Gasteiger partial charge on any atom is 0.376 e. The number of carbonyl (C=O) groups is 1. The molecule has 1 heterocycles. The zero-order valence-electron chi connectivity index (χ0n) is 11.5. The van der Waals surface area contributed by atoms with Crippen molar-refractivity contribution in [1.29, 1.82) is 0 Å². The van der Waals surface area contributed by atoms with E-state index >= 15 is 0 Å². The van der Waals surface area contributed by atoms with Crippen LogP contribution >= 0.6 is 0 Å². The van der Waals surface area contributed by atoms with Gasteiger partial charge in [0.25, 0.3) is 0 Å². The summed E-state index contributed by atoms with van der Waals surface area (Å²) in [6, 6.07) is 5.21. The average molecular weight is 273 g/mol. The van der Waals surface area contributed by atoms with E-state index in [1.807, 2.05) is 19.9 Å². The molecule has 0 saturated carbocycles. The predicted octanol–water partition coefficient (Wildman–Crippen LogP) is 2.25. The number of aryl methyl sites for hydroxylation is 2. The Labute approximate surface area is 116 Å². The highest BCUT2D eigenvalue weighted by Crippen LogP contribution is 2.28. The number of nitrogens with zero attached hydrogens (tertiary/aromatic N) is 2. The van der Waals surface area contributed by atoms with E-state index in [1.165, 1.54) is 13.3 Å². The molecule has 2 N–H and O–H groups in total. The molecule has 0 fully saturated rings. The van der Waals surface area contributed by atoms with Gasteiger partial charge in [-0.05, 0) is 25.0 Å². The number of esters is 1. The summed E-state index contributed by atoms with van der Waals surface area (Å²) in [4.78, 5) is 19.2. The van der Waals surface area contributed by atoms with Crippen LogP contribution in [0.15, 0.2) is 24.4 Å². The number of carbonyl (C=O) groups excluding carboxylic acids is 1. The molecule has 0 aliphatic rings. The van der Waals surface area contributed by atoms with Crippen molar-refractivity contribution in [2.75, 3.05) is 12.8 Å². The Morgan fingerprint density at radius 2 is 2.00 bits per heavy atom. The van der Waals surface area contributed by atoms with Crippen molar-refractivity contribution < 1.29 is 14.3 Å². The fourth-order valence-corrected chi connectivity index (χ4v) is 1.66. The molecular weight excluding hydrogens is 258 g/mol. The molecule has 20 heavy (non-hydrogen) atoms. The van der Waals surface area contributed by atoms with Crippen LogP contribution in [-0.2, 0) is 4.74 Å². The minimum absolute atomic E-state index is 0.0530. The second kappa shape index (κ2) is 5.56. The first-order chi connectivity index (χ1) is 9.51. The number of nitrogens with two attached hydrogens (primary N) is 1. The SMILES string of the molecule is COC(=O)c1nccc(Oc2cc(N)c(C)cc2C)n1. The number of hydrogen-bond acceptors (Lipinski definition) is 6. The van der Waals surface area contributed by atoms with Gasteiger partial charge in [-0.3, -0.25) is 0 Å². The number of benzene rings is 1. The molecule has 0 aliphatic carbocycles. The number of methoxy groups -OCH3 is 1. The van der Waals surface area contributed by atoms with E-state index in [0.717, 1.165) is 11.1 Å². The van der Waals surface area contributed by atoms with Crippen molar-refractivity contribution >= 4 is 11.7 Å². The Balaban J connectivity index is 2.31. The Morgan fingerprint density at radius 1 is 1.25 bits per heavy atom. The summed E-state index contributed by atoms with van der Waals surface area (Å²) < 4.78 is 10.2. The summed E-state index contributed by atoms with van der Waals surface area (Å²) in [7, 11) is 1.27. The van der Waals surface area contributed by atoms with Gasteiger partial charge in [0.2, 0.25) is 11.7 Å². The third-order valence-electron chi connectivity index (χ3n) is 2.78. The lowest BCUT2D eigenvalue weighted by Crippen LogP contribution is -2.07. The van der Waals surface area contributed by atoms with Crippen molar-refractivity contribution in [3.63, 3.8) is 0 Å². The Morgan fingerprint density at radius 3 is 2.70 bits per heavy atom. The zero-order valence-corrected chi connectivity index (χ0v) is 11.5. The van der Waals surface area contributed by atoms with Crippen LogP contribution in [-0.4, -0.2) is 23.0 Å². The summed E-state index contributed by atoms with van der Waals surface area (Å²) in [5.41, 5.74) is 8.39. The summed E-state index contributed by atoms with van der Waals surface area (Å²) >= 11 is 0. The molecule has 1 aromatic heterocycles. The molecule has 0 amide bonds. The van der Waals surface area contributed by atoms with Crippen molar-refractivity contribution in [2.24, 2.45) is 0 Å². The maximum absolute atomic E-state index is 11.4. The van der Waals surface area contributed by atoms with Crippen LogP contribution < -0.4 is 10.5 Å². The standard InChI is InChI=1S/C14H15N3O3/c1-8-6-9(2)11(7-10(8)15)20-12-4-5-16-13(17-12)14(18)19-3/h4-7H,15H2,1-3H3. The van der Waals surface area contributed by atoms with Crippen LogP contribution in [0.5, 0.6) is 11.6 Å². The second-order valence-electron chi connectivity index (χ2n) is 4.29. The van der Waals surface area contributed by atoms with Gasteiger partial charge in [0, 0.05) is 24.0 Å². The van der Waals surface area contributed by atoms with Gasteiger partial charge >= 0.3 is 5.97 Å². The molecule has 2 aromatic rings. The predicted molar refractivity (Wildman–Crippen MR) is 73.8 cm³/mol. The molecule has 1 aromatic carbocycles. The summed E-state index contributed by atoms with van der Waals surface area (Å²) in [5, 5.41) is 0. The molecule has 0 unspecified atom stereocenters. The highest BCUT2D eigenvalue weighted by Gasteiger charge is 2.11. The first-order valence-electron chi connectivity index (χ1n) is 5.97. The van der Waals surface area contributed by atoms with Gasteiger partial charge in [-0.2, -0.15) is 4.98 Å². The van der Waals surface area contributed by atoms with Crippen molar-refractivity contribution in [3.05, 3.63) is 41.3 Å². The molecule has 104 valence electrons. The van der Waals surface area contributed by atoms with Crippen molar-refractivity contribution in [1.82, 2.24) is 9.97 Å². The Hall–Kier alpha value is -2.63. The minimum atomic E-state index is -0.615. The summed E-state index contributed by atoms with van der Waals surface area (Å²) in [6.07, 6.45) is 1.43.